The summed E-state index contributed by atoms with van der Waals surface area (Å²) in [4.78, 5) is 28.8. The Hall–Kier alpha value is -2.54. The zero-order valence-corrected chi connectivity index (χ0v) is 15.1. The summed E-state index contributed by atoms with van der Waals surface area (Å²) in [6.07, 6.45) is 3.63. The molecule has 3 aliphatic heterocycles. The summed E-state index contributed by atoms with van der Waals surface area (Å²) in [7, 11) is 0. The molecule has 3 aliphatic rings. The van der Waals surface area contributed by atoms with E-state index in [0.29, 0.717) is 50.5 Å². The van der Waals surface area contributed by atoms with Gasteiger partial charge in [0.15, 0.2) is 0 Å². The number of ether oxygens (including phenoxy) is 2. The quantitative estimate of drug-likeness (QED) is 0.802. The number of para-hydroxylation sites is 1. The first-order valence-electron chi connectivity index (χ1n) is 9.64. The zero-order chi connectivity index (χ0) is 18.4. The normalized spacial score (nSPS) is 24.6. The van der Waals surface area contributed by atoms with Crippen molar-refractivity contribution in [2.45, 2.75) is 43.7 Å². The van der Waals surface area contributed by atoms with E-state index < -0.39 is 0 Å². The van der Waals surface area contributed by atoms with Crippen LogP contribution < -0.4 is 21.3 Å². The second kappa shape index (κ2) is 6.27. The maximum absolute atomic E-state index is 13.1. The van der Waals surface area contributed by atoms with Gasteiger partial charge in [0.05, 0.1) is 17.7 Å². The molecule has 0 bridgehead atoms. The van der Waals surface area contributed by atoms with Crippen molar-refractivity contribution in [1.82, 2.24) is 9.55 Å². The van der Waals surface area contributed by atoms with Crippen molar-refractivity contribution in [3.05, 3.63) is 56.2 Å². The largest absolute Gasteiger partial charge is 0.493 e. The molecule has 0 unspecified atom stereocenters. The fraction of sp³-hybridized carbons (Fsp3) is 0.500. The second-order valence-corrected chi connectivity index (χ2v) is 7.60. The number of nitrogens with zero attached hydrogens (tertiary/aromatic N) is 1. The van der Waals surface area contributed by atoms with Crippen LogP contribution in [-0.4, -0.2) is 29.4 Å². The molecule has 27 heavy (non-hydrogen) atoms. The number of aromatic amines is 1. The molecular formula is C20H23N3O4. The number of benzene rings is 1. The predicted molar refractivity (Wildman–Crippen MR) is 101 cm³/mol. The molecule has 1 saturated heterocycles. The van der Waals surface area contributed by atoms with Crippen molar-refractivity contribution in [3.8, 4) is 5.75 Å². The van der Waals surface area contributed by atoms with Gasteiger partial charge in [-0.25, -0.2) is 4.79 Å². The van der Waals surface area contributed by atoms with Gasteiger partial charge in [0.1, 0.15) is 11.6 Å². The Morgan fingerprint density at radius 2 is 1.89 bits per heavy atom. The molecule has 0 radical (unpaired) electrons. The zero-order valence-electron chi connectivity index (χ0n) is 15.1. The van der Waals surface area contributed by atoms with E-state index in [1.165, 1.54) is 4.57 Å². The fourth-order valence-corrected chi connectivity index (χ4v) is 4.69. The SMILES string of the molecule is O=c1[nH]c2c(c(=O)n1C1CCOCC1)CC[C@@]1(CCOc3ccccc31)N2. The summed E-state index contributed by atoms with van der Waals surface area (Å²) in [6.45, 7) is 1.79. The van der Waals surface area contributed by atoms with E-state index in [2.05, 4.69) is 16.4 Å². The molecule has 142 valence electrons. The van der Waals surface area contributed by atoms with Gasteiger partial charge in [0, 0.05) is 31.2 Å². The van der Waals surface area contributed by atoms with Gasteiger partial charge in [-0.3, -0.25) is 14.3 Å². The van der Waals surface area contributed by atoms with Gasteiger partial charge in [-0.1, -0.05) is 18.2 Å². The van der Waals surface area contributed by atoms with Crippen LogP contribution in [0.25, 0.3) is 0 Å². The highest BCUT2D eigenvalue weighted by Crippen LogP contribution is 2.44. The second-order valence-electron chi connectivity index (χ2n) is 7.60. The lowest BCUT2D eigenvalue weighted by molar-refractivity contribution is 0.0673. The van der Waals surface area contributed by atoms with Gasteiger partial charge in [0.2, 0.25) is 0 Å². The molecule has 2 N–H and O–H groups in total. The Morgan fingerprint density at radius 3 is 2.74 bits per heavy atom. The minimum atomic E-state index is -0.337. The van der Waals surface area contributed by atoms with Crippen molar-refractivity contribution in [3.63, 3.8) is 0 Å². The van der Waals surface area contributed by atoms with Crippen LogP contribution in [0.3, 0.4) is 0 Å². The summed E-state index contributed by atoms with van der Waals surface area (Å²) < 4.78 is 12.6. The summed E-state index contributed by atoms with van der Waals surface area (Å²) in [6, 6.07) is 7.91. The molecule has 0 aliphatic carbocycles. The van der Waals surface area contributed by atoms with Crippen LogP contribution in [0.1, 0.15) is 42.9 Å². The van der Waals surface area contributed by atoms with Crippen LogP contribution in [0, 0.1) is 0 Å². The number of anilines is 1. The van der Waals surface area contributed by atoms with Crippen LogP contribution in [0.15, 0.2) is 33.9 Å². The molecule has 7 heteroatoms. The Labute approximate surface area is 156 Å². The maximum Gasteiger partial charge on any atom is 0.330 e. The average molecular weight is 369 g/mol. The number of hydrogen-bond donors (Lipinski definition) is 2. The van der Waals surface area contributed by atoms with Gasteiger partial charge in [-0.15, -0.1) is 0 Å². The van der Waals surface area contributed by atoms with Crippen LogP contribution in [0.4, 0.5) is 5.82 Å². The standard InChI is InChI=1S/C20H23N3O4/c24-18-14-5-8-20(9-12-27-16-4-2-1-3-15(16)20)22-17(14)21-19(25)23(18)13-6-10-26-11-7-13/h1-4,13,22H,5-12H2,(H,21,25)/t20-/m0/s1. The third-order valence-corrected chi connectivity index (χ3v) is 6.14. The molecule has 0 amide bonds. The highest BCUT2D eigenvalue weighted by atomic mass is 16.5. The molecular weight excluding hydrogens is 346 g/mol. The number of nitrogens with one attached hydrogen (secondary N) is 2. The molecule has 1 fully saturated rings. The van der Waals surface area contributed by atoms with Crippen molar-refractivity contribution in [2.24, 2.45) is 0 Å². The molecule has 4 heterocycles. The highest BCUT2D eigenvalue weighted by molar-refractivity contribution is 5.54. The van der Waals surface area contributed by atoms with Crippen molar-refractivity contribution in [2.75, 3.05) is 25.1 Å². The lowest BCUT2D eigenvalue weighted by Crippen LogP contribution is -2.48. The summed E-state index contributed by atoms with van der Waals surface area (Å²) in [5.74, 6) is 1.44. The number of H-pyrrole nitrogens is 1. The van der Waals surface area contributed by atoms with Crippen LogP contribution in [-0.2, 0) is 16.7 Å². The molecule has 1 aromatic carbocycles. The number of rotatable bonds is 1. The van der Waals surface area contributed by atoms with Gasteiger partial charge < -0.3 is 14.8 Å². The fourth-order valence-electron chi connectivity index (χ4n) is 4.69. The lowest BCUT2D eigenvalue weighted by atomic mass is 9.78. The Kier molecular flexibility index (Phi) is 3.86. The summed E-state index contributed by atoms with van der Waals surface area (Å²) in [5, 5.41) is 3.51. The summed E-state index contributed by atoms with van der Waals surface area (Å²) in [5.41, 5.74) is 0.966. The molecule has 7 nitrogen and oxygen atoms in total. The minimum Gasteiger partial charge on any atom is -0.493 e. The van der Waals surface area contributed by atoms with E-state index in [0.717, 1.165) is 24.2 Å². The van der Waals surface area contributed by atoms with Gasteiger partial charge in [-0.05, 0) is 31.7 Å². The Bertz CT molecular complexity index is 989. The van der Waals surface area contributed by atoms with Crippen molar-refractivity contribution in [1.29, 1.82) is 0 Å². The van der Waals surface area contributed by atoms with E-state index in [-0.39, 0.29) is 22.8 Å². The maximum atomic E-state index is 13.1. The molecule has 5 rings (SSSR count). The van der Waals surface area contributed by atoms with Gasteiger partial charge in [-0.2, -0.15) is 0 Å². The first kappa shape index (κ1) is 16.6. The van der Waals surface area contributed by atoms with Crippen molar-refractivity contribution >= 4 is 5.82 Å². The first-order valence-corrected chi connectivity index (χ1v) is 9.64. The third-order valence-electron chi connectivity index (χ3n) is 6.14. The number of hydrogen-bond acceptors (Lipinski definition) is 5. The minimum absolute atomic E-state index is 0.0833. The van der Waals surface area contributed by atoms with E-state index in [1.54, 1.807) is 0 Å². The van der Waals surface area contributed by atoms with E-state index in [4.69, 9.17) is 9.47 Å². The topological polar surface area (TPSA) is 85.4 Å². The number of fused-ring (bicyclic) bond motifs is 3. The Balaban J connectivity index is 1.57. The monoisotopic (exact) mass is 369 g/mol. The average Bonchev–Trinajstić information content (AvgIpc) is 2.69. The van der Waals surface area contributed by atoms with E-state index in [9.17, 15) is 9.59 Å². The molecule has 0 saturated carbocycles. The van der Waals surface area contributed by atoms with Crippen LogP contribution >= 0.6 is 0 Å². The number of aromatic nitrogens is 2. The highest BCUT2D eigenvalue weighted by Gasteiger charge is 2.41. The molecule has 1 spiro atoms. The lowest BCUT2D eigenvalue weighted by Gasteiger charge is -2.43. The van der Waals surface area contributed by atoms with E-state index >= 15 is 0 Å². The molecule has 2 aromatic rings. The van der Waals surface area contributed by atoms with Crippen LogP contribution in [0.2, 0.25) is 0 Å². The third kappa shape index (κ3) is 2.60. The van der Waals surface area contributed by atoms with Crippen molar-refractivity contribution < 1.29 is 9.47 Å². The van der Waals surface area contributed by atoms with Gasteiger partial charge in [0.25, 0.3) is 5.56 Å². The van der Waals surface area contributed by atoms with E-state index in [1.807, 2.05) is 18.2 Å². The van der Waals surface area contributed by atoms with Crippen LogP contribution in [0.5, 0.6) is 5.75 Å². The smallest absolute Gasteiger partial charge is 0.330 e. The molecule has 1 aromatic heterocycles. The first-order chi connectivity index (χ1) is 13.2. The Morgan fingerprint density at radius 1 is 1.07 bits per heavy atom. The molecule has 1 atom stereocenters. The summed E-state index contributed by atoms with van der Waals surface area (Å²) >= 11 is 0. The predicted octanol–water partition coefficient (Wildman–Crippen LogP) is 1.92. The van der Waals surface area contributed by atoms with Gasteiger partial charge >= 0.3 is 5.69 Å².